The third kappa shape index (κ3) is 20.3. The van der Waals surface area contributed by atoms with E-state index in [2.05, 4.69) is 93.6 Å². The Morgan fingerprint density at radius 1 is 0.462 bits per heavy atom. The van der Waals surface area contributed by atoms with Gasteiger partial charge in [-0.3, -0.25) is 44.2 Å². The molecule has 3 amide bonds. The number of halogens is 9. The predicted molar refractivity (Wildman–Crippen MR) is 394 cm³/mol. The van der Waals surface area contributed by atoms with Gasteiger partial charge in [-0.2, -0.15) is 26.3 Å². The molecular weight excluding hydrogens is 1550 g/mol. The number of aliphatic imine (C=N–C) groups is 2. The molecule has 0 saturated heterocycles. The minimum Gasteiger partial charge on any atom is -0.493 e. The highest BCUT2D eigenvalue weighted by Gasteiger charge is 2.34. The average molecular weight is 1620 g/mol. The second kappa shape index (κ2) is 34.5. The Morgan fingerprint density at radius 3 is 1.10 bits per heavy atom. The molecule has 6 aromatic carbocycles. The lowest BCUT2D eigenvalue weighted by Gasteiger charge is -2.15. The Bertz CT molecular complexity index is 4740. The first-order valence-corrected chi connectivity index (χ1v) is 34.0. The van der Waals surface area contributed by atoms with Gasteiger partial charge in [-0.05, 0) is 137 Å². The molecule has 0 atom stereocenters. The van der Waals surface area contributed by atoms with Crippen LogP contribution in [-0.2, 0) is 31.6 Å². The third-order valence-corrected chi connectivity index (χ3v) is 17.6. The number of anilines is 3. The Labute approximate surface area is 619 Å². The number of rotatable bonds is 20. The number of methoxy groups -OCH3 is 2. The van der Waals surface area contributed by atoms with Gasteiger partial charge in [0.05, 0.1) is 38.4 Å². The molecule has 0 spiro atoms. The van der Waals surface area contributed by atoms with Crippen LogP contribution in [0, 0.1) is 5.41 Å². The number of carbonyl (C=O) groups is 6. The molecular formula is C75H65Br3F6N12O8. The van der Waals surface area contributed by atoms with Crippen molar-refractivity contribution in [2.75, 3.05) is 84.5 Å². The number of ketones is 3. The minimum atomic E-state index is -4.65. The number of benzene rings is 6. The van der Waals surface area contributed by atoms with Crippen LogP contribution in [0.4, 0.5) is 43.8 Å². The molecule has 20 nitrogen and oxygen atoms in total. The summed E-state index contributed by atoms with van der Waals surface area (Å²) in [5, 5.41) is 15.7. The number of hydrogen-bond donors (Lipinski definition) is 4. The number of hydrogen-bond acceptors (Lipinski definition) is 16. The Kier molecular flexibility index (Phi) is 25.6. The van der Waals surface area contributed by atoms with Gasteiger partial charge in [0.1, 0.15) is 35.0 Å². The number of ether oxygens (including phenoxy) is 2. The molecule has 0 radical (unpaired) electrons. The Morgan fingerprint density at radius 2 is 0.788 bits per heavy atom. The lowest BCUT2D eigenvalue weighted by molar-refractivity contribution is -0.138. The van der Waals surface area contributed by atoms with Crippen molar-refractivity contribution in [1.29, 1.82) is 5.41 Å². The van der Waals surface area contributed by atoms with Gasteiger partial charge in [-0.1, -0.05) is 84.9 Å². The number of carbonyl (C=O) groups excluding carboxylic acids is 6. The number of Topliss-reactive ketones (excluding diaryl/α,β-unsaturated/α-hetero) is 3. The zero-order valence-electron chi connectivity index (χ0n) is 56.4. The zero-order valence-corrected chi connectivity index (χ0v) is 61.2. The molecule has 0 bridgehead atoms. The van der Waals surface area contributed by atoms with Crippen molar-refractivity contribution in [1.82, 2.24) is 29.7 Å². The molecule has 2 aliphatic heterocycles. The van der Waals surface area contributed by atoms with Gasteiger partial charge in [0.15, 0.2) is 28.8 Å². The van der Waals surface area contributed by atoms with E-state index in [1.54, 1.807) is 122 Å². The Hall–Kier alpha value is -10.8. The second-order valence-corrected chi connectivity index (χ2v) is 26.3. The Balaban J connectivity index is 0.000000181. The standard InChI is InChI=1S/C26H25BrN4O4.C25H20BrF3N4O2.C24H20BrF3N4O2/c1-31-11-10-28-25(31)17-6-4-16(5-7-17)21(32)12-18-13-22(34-2)23(35-3)14-20(18)26(33)30-24-9-8-19(27)15-29-24;1-33-11-10-30-23(33)16-4-2-15(3-5-16)21(34)12-17-6-7-18(25(27,28)29)13-20(17)24(35)32-22-9-8-19(26)14-31-22;1-32(2)22(29)15-5-3-14(4-6-15)20(33)11-16-7-8-17(24(26,27)28)12-19(16)23(34)31-21-10-9-18(25)13-30-21/h4-9,13-15H,10-12H2,1-3H3,(H,29,30,33);2-9,13-14H,10-12H2,1H3,(H,31,32,35);3-10,12-13,29H,11H2,1-2H3,(H,30,31,34). The third-order valence-electron chi connectivity index (χ3n) is 16.2. The average Bonchev–Trinajstić information content (AvgIpc) is 1.57. The maximum atomic E-state index is 13.3. The summed E-state index contributed by atoms with van der Waals surface area (Å²) in [5.74, 6) is 0.749. The molecule has 4 N–H and O–H groups in total. The molecule has 5 heterocycles. The monoisotopic (exact) mass is 1610 g/mol. The number of pyridine rings is 3. The molecule has 0 fully saturated rings. The summed E-state index contributed by atoms with van der Waals surface area (Å²) in [4.78, 5) is 105. The van der Waals surface area contributed by atoms with Gasteiger partial charge in [-0.25, -0.2) is 15.0 Å². The topological polar surface area (TPSA) is 254 Å². The summed E-state index contributed by atoms with van der Waals surface area (Å²) in [6.07, 6.45) is -5.32. The first-order valence-electron chi connectivity index (χ1n) is 31.6. The van der Waals surface area contributed by atoms with Crippen molar-refractivity contribution >= 4 is 118 Å². The van der Waals surface area contributed by atoms with Crippen LogP contribution in [0.3, 0.4) is 0 Å². The van der Waals surface area contributed by atoms with Crippen molar-refractivity contribution < 1.29 is 64.6 Å². The smallest absolute Gasteiger partial charge is 0.416 e. The largest absolute Gasteiger partial charge is 0.493 e. The molecule has 9 aromatic rings. The highest BCUT2D eigenvalue weighted by Crippen LogP contribution is 2.35. The molecule has 2 aliphatic rings. The van der Waals surface area contributed by atoms with E-state index in [1.165, 1.54) is 44.8 Å². The molecule has 0 aliphatic carbocycles. The summed E-state index contributed by atoms with van der Waals surface area (Å²) in [7, 11) is 10.4. The van der Waals surface area contributed by atoms with Gasteiger partial charge < -0.3 is 40.1 Å². The van der Waals surface area contributed by atoms with Crippen LogP contribution in [-0.4, -0.2) is 151 Å². The van der Waals surface area contributed by atoms with Crippen LogP contribution >= 0.6 is 47.8 Å². The van der Waals surface area contributed by atoms with Crippen molar-refractivity contribution in [2.24, 2.45) is 9.98 Å². The van der Waals surface area contributed by atoms with E-state index < -0.39 is 41.2 Å². The van der Waals surface area contributed by atoms with E-state index in [1.807, 2.05) is 31.1 Å². The first-order chi connectivity index (χ1) is 49.5. The van der Waals surface area contributed by atoms with Crippen LogP contribution in [0.5, 0.6) is 11.5 Å². The van der Waals surface area contributed by atoms with E-state index in [9.17, 15) is 55.1 Å². The summed E-state index contributed by atoms with van der Waals surface area (Å²) in [6.45, 7) is 3.19. The molecule has 0 unspecified atom stereocenters. The molecule has 11 rings (SSSR count). The van der Waals surface area contributed by atoms with E-state index in [-0.39, 0.29) is 76.3 Å². The molecule has 29 heteroatoms. The number of alkyl halides is 6. The van der Waals surface area contributed by atoms with Crippen LogP contribution < -0.4 is 25.4 Å². The maximum Gasteiger partial charge on any atom is 0.416 e. The minimum absolute atomic E-state index is 0.0110. The van der Waals surface area contributed by atoms with Crippen molar-refractivity contribution in [2.45, 2.75) is 31.6 Å². The van der Waals surface area contributed by atoms with Gasteiger partial charge in [-0.15, -0.1) is 0 Å². The molecule has 3 aromatic heterocycles. The number of amides is 3. The van der Waals surface area contributed by atoms with E-state index in [4.69, 9.17) is 14.9 Å². The second-order valence-electron chi connectivity index (χ2n) is 23.6. The summed E-state index contributed by atoms with van der Waals surface area (Å²) < 4.78 is 92.8. The van der Waals surface area contributed by atoms with Crippen LogP contribution in [0.25, 0.3) is 0 Å². The number of nitrogens with one attached hydrogen (secondary N) is 4. The number of amidine groups is 3. The molecule has 0 saturated carbocycles. The fourth-order valence-corrected chi connectivity index (χ4v) is 11.3. The maximum absolute atomic E-state index is 13.3. The van der Waals surface area contributed by atoms with E-state index >= 15 is 0 Å². The van der Waals surface area contributed by atoms with Gasteiger partial charge in [0, 0.05) is 143 Å². The lowest BCUT2D eigenvalue weighted by atomic mass is 9.95. The first kappa shape index (κ1) is 77.4. The van der Waals surface area contributed by atoms with Gasteiger partial charge in [0.25, 0.3) is 17.7 Å². The highest BCUT2D eigenvalue weighted by atomic mass is 79.9. The summed E-state index contributed by atoms with van der Waals surface area (Å²) in [5.41, 5.74) is 2.38. The lowest BCUT2D eigenvalue weighted by Crippen LogP contribution is -2.23. The quantitative estimate of drug-likeness (QED) is 0.0240. The van der Waals surface area contributed by atoms with Gasteiger partial charge >= 0.3 is 12.4 Å². The summed E-state index contributed by atoms with van der Waals surface area (Å²) in [6, 6.07) is 39.1. The number of aromatic nitrogens is 3. The SMILES string of the molecule is CN(C)C(=N)c1ccc(C(=O)Cc2ccc(C(F)(F)F)cc2C(=O)Nc2ccc(Br)cn2)cc1.CN1CCN=C1c1ccc(C(=O)Cc2ccc(C(F)(F)F)cc2C(=O)Nc2ccc(Br)cn2)cc1.COc1cc(CC(=O)c2ccc(C3=NCCN3C)cc2)c(C(=O)Nc2ccc(Br)cn2)cc1OC. The van der Waals surface area contributed by atoms with Crippen LogP contribution in [0.2, 0.25) is 0 Å². The van der Waals surface area contributed by atoms with Crippen LogP contribution in [0.15, 0.2) is 200 Å². The summed E-state index contributed by atoms with van der Waals surface area (Å²) >= 11 is 9.77. The van der Waals surface area contributed by atoms with Crippen LogP contribution in [0.1, 0.15) is 107 Å². The normalized spacial score (nSPS) is 12.5. The van der Waals surface area contributed by atoms with Gasteiger partial charge in [0.2, 0.25) is 0 Å². The molecule has 104 heavy (non-hydrogen) atoms. The van der Waals surface area contributed by atoms with Crippen molar-refractivity contribution in [3.8, 4) is 11.5 Å². The number of nitrogens with zero attached hydrogens (tertiary/aromatic N) is 8. The van der Waals surface area contributed by atoms with Crippen molar-refractivity contribution in [3.63, 3.8) is 0 Å². The van der Waals surface area contributed by atoms with E-state index in [0.29, 0.717) is 66.2 Å². The fraction of sp³-hybridized carbons (Fsp3) is 0.200. The fourth-order valence-electron chi connectivity index (χ4n) is 10.6. The molecule has 536 valence electrons. The predicted octanol–water partition coefficient (Wildman–Crippen LogP) is 14.9. The van der Waals surface area contributed by atoms with E-state index in [0.717, 1.165) is 77.2 Å². The number of likely N-dealkylation sites (N-methyl/N-ethyl adjacent to an activating group) is 2. The zero-order chi connectivity index (χ0) is 75.2. The highest BCUT2D eigenvalue weighted by molar-refractivity contribution is 9.11. The van der Waals surface area contributed by atoms with Crippen molar-refractivity contribution in [3.05, 3.63) is 268 Å².